The van der Waals surface area contributed by atoms with E-state index in [1.54, 1.807) is 0 Å². The molecule has 1 atom stereocenters. The van der Waals surface area contributed by atoms with Crippen molar-refractivity contribution in [1.29, 1.82) is 0 Å². The van der Waals surface area contributed by atoms with E-state index in [9.17, 15) is 4.79 Å². The molecule has 4 nitrogen and oxygen atoms in total. The fraction of sp³-hybridized carbons (Fsp3) is 0.429. The Labute approximate surface area is 107 Å². The zero-order valence-corrected chi connectivity index (χ0v) is 10.4. The maximum absolute atomic E-state index is 11.4. The Morgan fingerprint density at radius 3 is 2.72 bits per heavy atom. The van der Waals surface area contributed by atoms with Crippen molar-refractivity contribution in [1.82, 2.24) is 5.32 Å². The first kappa shape index (κ1) is 12.8. The van der Waals surface area contributed by atoms with Crippen LogP contribution in [0.3, 0.4) is 0 Å². The second kappa shape index (κ2) is 6.31. The van der Waals surface area contributed by atoms with Crippen molar-refractivity contribution >= 4 is 11.7 Å². The van der Waals surface area contributed by atoms with Crippen molar-refractivity contribution in [2.45, 2.75) is 31.7 Å². The van der Waals surface area contributed by atoms with Gasteiger partial charge in [-0.05, 0) is 31.4 Å². The summed E-state index contributed by atoms with van der Waals surface area (Å²) in [5.74, 6) is 0. The van der Waals surface area contributed by atoms with Gasteiger partial charge in [-0.3, -0.25) is 0 Å². The zero-order valence-electron chi connectivity index (χ0n) is 10.4. The summed E-state index contributed by atoms with van der Waals surface area (Å²) >= 11 is 0. The number of hydrogen-bond acceptors (Lipinski definition) is 2. The number of benzene rings is 1. The van der Waals surface area contributed by atoms with Crippen LogP contribution >= 0.6 is 0 Å². The van der Waals surface area contributed by atoms with Gasteiger partial charge in [-0.2, -0.15) is 0 Å². The molecular formula is C14H19N3O. The van der Waals surface area contributed by atoms with Crippen LogP contribution in [0.5, 0.6) is 0 Å². The third kappa shape index (κ3) is 3.40. The molecule has 1 aromatic rings. The van der Waals surface area contributed by atoms with Gasteiger partial charge in [0, 0.05) is 6.42 Å². The molecule has 4 heteroatoms. The zero-order chi connectivity index (χ0) is 12.8. The summed E-state index contributed by atoms with van der Waals surface area (Å²) in [5, 5.41) is 2.90. The van der Waals surface area contributed by atoms with E-state index in [0.717, 1.165) is 31.4 Å². The summed E-state index contributed by atoms with van der Waals surface area (Å²) in [7, 11) is 0. The molecule has 18 heavy (non-hydrogen) atoms. The molecule has 0 aromatic heterocycles. The summed E-state index contributed by atoms with van der Waals surface area (Å²) in [6.45, 7) is 0.700. The van der Waals surface area contributed by atoms with Gasteiger partial charge in [0.1, 0.15) is 0 Å². The molecular weight excluding hydrogens is 226 g/mol. The van der Waals surface area contributed by atoms with Crippen LogP contribution in [0.15, 0.2) is 35.3 Å². The molecule has 0 bridgehead atoms. The average Bonchev–Trinajstić information content (AvgIpc) is 2.71. The monoisotopic (exact) mass is 245 g/mol. The van der Waals surface area contributed by atoms with Crippen LogP contribution in [0.1, 0.15) is 24.8 Å². The van der Waals surface area contributed by atoms with Crippen LogP contribution in [-0.4, -0.2) is 24.3 Å². The number of aliphatic imine (C=N–C) groups is 1. The quantitative estimate of drug-likeness (QED) is 0.751. The number of nitrogens with two attached hydrogens (primary N) is 1. The van der Waals surface area contributed by atoms with E-state index in [2.05, 4.69) is 22.4 Å². The minimum absolute atomic E-state index is 0.0873. The highest BCUT2D eigenvalue weighted by Gasteiger charge is 2.24. The van der Waals surface area contributed by atoms with Crippen LogP contribution in [0, 0.1) is 0 Å². The molecule has 0 aliphatic carbocycles. The lowest BCUT2D eigenvalue weighted by atomic mass is 9.99. The van der Waals surface area contributed by atoms with Gasteiger partial charge >= 0.3 is 6.03 Å². The second-order valence-corrected chi connectivity index (χ2v) is 4.55. The Morgan fingerprint density at radius 1 is 1.22 bits per heavy atom. The smallest absolute Gasteiger partial charge is 0.330 e. The van der Waals surface area contributed by atoms with Gasteiger partial charge in [-0.1, -0.05) is 30.3 Å². The number of urea groups is 1. The maximum Gasteiger partial charge on any atom is 0.341 e. The van der Waals surface area contributed by atoms with Gasteiger partial charge in [0.2, 0.25) is 0 Å². The van der Waals surface area contributed by atoms with Gasteiger partial charge in [0.05, 0.1) is 11.8 Å². The molecule has 0 saturated carbocycles. The molecule has 0 radical (unpaired) electrons. The highest BCUT2D eigenvalue weighted by molar-refractivity contribution is 6.05. The van der Waals surface area contributed by atoms with E-state index < -0.39 is 0 Å². The number of carbonyl (C=O) groups is 1. The molecule has 0 spiro atoms. The topological polar surface area (TPSA) is 67.5 Å². The van der Waals surface area contributed by atoms with Crippen molar-refractivity contribution in [3.05, 3.63) is 35.9 Å². The van der Waals surface area contributed by atoms with Gasteiger partial charge < -0.3 is 11.1 Å². The number of hydrogen-bond donors (Lipinski definition) is 2. The second-order valence-electron chi connectivity index (χ2n) is 4.55. The number of nitrogens with one attached hydrogen (secondary N) is 1. The van der Waals surface area contributed by atoms with E-state index in [1.807, 2.05) is 18.2 Å². The predicted molar refractivity (Wildman–Crippen MR) is 72.8 cm³/mol. The number of nitrogens with zero attached hydrogens (tertiary/aromatic N) is 1. The Kier molecular flexibility index (Phi) is 4.47. The molecule has 1 aliphatic heterocycles. The number of rotatable bonds is 6. The largest absolute Gasteiger partial charge is 0.341 e. The normalized spacial score (nSPS) is 18.6. The Hall–Kier alpha value is -1.68. The maximum atomic E-state index is 11.4. The van der Waals surface area contributed by atoms with E-state index in [-0.39, 0.29) is 12.1 Å². The lowest BCUT2D eigenvalue weighted by Crippen LogP contribution is -2.32. The molecule has 96 valence electrons. The van der Waals surface area contributed by atoms with E-state index in [4.69, 9.17) is 5.73 Å². The summed E-state index contributed by atoms with van der Waals surface area (Å²) in [6.07, 6.45) is 3.68. The van der Waals surface area contributed by atoms with Gasteiger partial charge in [0.15, 0.2) is 0 Å². The third-order valence-corrected chi connectivity index (χ3v) is 3.12. The van der Waals surface area contributed by atoms with Crippen molar-refractivity contribution in [3.63, 3.8) is 0 Å². The van der Waals surface area contributed by atoms with Crippen LogP contribution < -0.4 is 11.1 Å². The molecule has 2 amide bonds. The van der Waals surface area contributed by atoms with Gasteiger partial charge in [-0.25, -0.2) is 9.79 Å². The van der Waals surface area contributed by atoms with Crippen LogP contribution in [-0.2, 0) is 6.42 Å². The van der Waals surface area contributed by atoms with Crippen molar-refractivity contribution < 1.29 is 4.79 Å². The molecule has 1 aliphatic rings. The lowest BCUT2D eigenvalue weighted by molar-refractivity contribution is 0.250. The minimum Gasteiger partial charge on any atom is -0.330 e. The molecule has 0 saturated heterocycles. The average molecular weight is 245 g/mol. The first-order valence-corrected chi connectivity index (χ1v) is 6.41. The van der Waals surface area contributed by atoms with Crippen LogP contribution in [0.25, 0.3) is 0 Å². The summed E-state index contributed by atoms with van der Waals surface area (Å²) in [5.41, 5.74) is 7.62. The van der Waals surface area contributed by atoms with E-state index >= 15 is 0 Å². The Balaban J connectivity index is 1.96. The van der Waals surface area contributed by atoms with Crippen molar-refractivity contribution in [3.8, 4) is 0 Å². The molecule has 1 heterocycles. The molecule has 2 rings (SSSR count). The van der Waals surface area contributed by atoms with Crippen LogP contribution in [0.4, 0.5) is 4.79 Å². The Bertz CT molecular complexity index is 428. The SMILES string of the molecule is NCCCCC1NC(=O)N=C1Cc1ccccc1. The van der Waals surface area contributed by atoms with Crippen LogP contribution in [0.2, 0.25) is 0 Å². The number of amides is 2. The first-order chi connectivity index (χ1) is 8.79. The fourth-order valence-corrected chi connectivity index (χ4v) is 2.17. The molecule has 3 N–H and O–H groups in total. The van der Waals surface area contributed by atoms with Gasteiger partial charge in [-0.15, -0.1) is 0 Å². The van der Waals surface area contributed by atoms with E-state index in [0.29, 0.717) is 6.54 Å². The Morgan fingerprint density at radius 2 is 2.00 bits per heavy atom. The fourth-order valence-electron chi connectivity index (χ4n) is 2.17. The predicted octanol–water partition coefficient (Wildman–Crippen LogP) is 1.89. The third-order valence-electron chi connectivity index (χ3n) is 3.12. The lowest BCUT2D eigenvalue weighted by Gasteiger charge is -2.12. The highest BCUT2D eigenvalue weighted by atomic mass is 16.2. The van der Waals surface area contributed by atoms with E-state index in [1.165, 1.54) is 5.56 Å². The van der Waals surface area contributed by atoms with Gasteiger partial charge in [0.25, 0.3) is 0 Å². The number of carbonyl (C=O) groups excluding carboxylic acids is 1. The van der Waals surface area contributed by atoms with Crippen molar-refractivity contribution in [2.75, 3.05) is 6.54 Å². The first-order valence-electron chi connectivity index (χ1n) is 6.41. The summed E-state index contributed by atoms with van der Waals surface area (Å²) in [6, 6.07) is 9.99. The standard InChI is InChI=1S/C14H19N3O/c15-9-5-4-8-12-13(17-14(18)16-12)10-11-6-2-1-3-7-11/h1-3,6-7,12H,4-5,8-10,15H2,(H,16,18). The highest BCUT2D eigenvalue weighted by Crippen LogP contribution is 2.12. The molecule has 1 aromatic carbocycles. The molecule has 0 fully saturated rings. The molecule has 1 unspecified atom stereocenters. The van der Waals surface area contributed by atoms with Crippen molar-refractivity contribution in [2.24, 2.45) is 10.7 Å². The minimum atomic E-state index is -0.210. The summed E-state index contributed by atoms with van der Waals surface area (Å²) in [4.78, 5) is 15.4. The summed E-state index contributed by atoms with van der Waals surface area (Å²) < 4.78 is 0. The number of unbranched alkanes of at least 4 members (excludes halogenated alkanes) is 1.